The van der Waals surface area contributed by atoms with Gasteiger partial charge in [-0.3, -0.25) is 4.90 Å². The van der Waals surface area contributed by atoms with Gasteiger partial charge in [-0.1, -0.05) is 30.3 Å². The average Bonchev–Trinajstić information content (AvgIpc) is 2.91. The lowest BCUT2D eigenvalue weighted by Gasteiger charge is -2.33. The first-order chi connectivity index (χ1) is 12.1. The maximum absolute atomic E-state index is 13.9. The van der Waals surface area contributed by atoms with E-state index in [1.807, 2.05) is 6.07 Å². The Morgan fingerprint density at radius 2 is 2.04 bits per heavy atom. The van der Waals surface area contributed by atoms with Crippen LogP contribution < -0.4 is 0 Å². The van der Waals surface area contributed by atoms with Crippen molar-refractivity contribution in [3.05, 3.63) is 64.2 Å². The van der Waals surface area contributed by atoms with Gasteiger partial charge < -0.3 is 9.55 Å². The maximum Gasteiger partial charge on any atom is 0.178 e. The Bertz CT molecular complexity index is 945. The molecule has 1 aliphatic heterocycles. The third kappa shape index (κ3) is 3.26. The number of hydrogen-bond acceptors (Lipinski definition) is 2. The van der Waals surface area contributed by atoms with E-state index in [0.717, 1.165) is 43.5 Å². The number of imidazole rings is 1. The Morgan fingerprint density at radius 3 is 2.84 bits per heavy atom. The third-order valence-electron chi connectivity index (χ3n) is 5.09. The molecule has 0 aliphatic carbocycles. The molecular formula is C20H22FN3S. The topological polar surface area (TPSA) is 24.0 Å². The fraction of sp³-hybridized carbons (Fsp3) is 0.350. The number of piperidine rings is 1. The van der Waals surface area contributed by atoms with Crippen LogP contribution in [0.25, 0.3) is 11.0 Å². The van der Waals surface area contributed by atoms with E-state index >= 15 is 0 Å². The molecule has 1 saturated heterocycles. The molecule has 25 heavy (non-hydrogen) atoms. The standard InChI is InChI=1S/C20H22FN3S/c1-14-10-19-18(11-17(14)21)22-20(25)24(19)16-8-5-9-23(13-16)12-15-6-3-2-4-7-15/h2-4,6-7,10-11,16H,5,8-9,12-13H2,1H3,(H,22,25). The Kier molecular flexibility index (Phi) is 4.44. The lowest BCUT2D eigenvalue weighted by molar-refractivity contribution is 0.171. The molecule has 1 aliphatic rings. The van der Waals surface area contributed by atoms with E-state index in [9.17, 15) is 4.39 Å². The first kappa shape index (κ1) is 16.5. The van der Waals surface area contributed by atoms with Crippen molar-refractivity contribution in [1.82, 2.24) is 14.5 Å². The number of nitrogens with zero attached hydrogens (tertiary/aromatic N) is 2. The molecule has 3 nitrogen and oxygen atoms in total. The van der Waals surface area contributed by atoms with Crippen LogP contribution in [0, 0.1) is 17.5 Å². The van der Waals surface area contributed by atoms with Crippen molar-refractivity contribution in [3.8, 4) is 0 Å². The maximum atomic E-state index is 13.9. The molecule has 0 bridgehead atoms. The first-order valence-electron chi connectivity index (χ1n) is 8.78. The summed E-state index contributed by atoms with van der Waals surface area (Å²) in [6.07, 6.45) is 2.25. The molecule has 1 atom stereocenters. The second-order valence-electron chi connectivity index (χ2n) is 6.94. The van der Waals surface area contributed by atoms with Gasteiger partial charge in [0.25, 0.3) is 0 Å². The van der Waals surface area contributed by atoms with Crippen molar-refractivity contribution in [2.75, 3.05) is 13.1 Å². The van der Waals surface area contributed by atoms with Crippen LogP contribution in [0.15, 0.2) is 42.5 Å². The lowest BCUT2D eigenvalue weighted by atomic mass is 10.0. The van der Waals surface area contributed by atoms with Gasteiger partial charge in [0.15, 0.2) is 4.77 Å². The predicted octanol–water partition coefficient (Wildman–Crippen LogP) is 4.98. The summed E-state index contributed by atoms with van der Waals surface area (Å²) in [5.41, 5.74) is 3.79. The van der Waals surface area contributed by atoms with Crippen LogP contribution in [0.1, 0.15) is 30.0 Å². The van der Waals surface area contributed by atoms with Crippen LogP contribution >= 0.6 is 12.2 Å². The highest BCUT2D eigenvalue weighted by Crippen LogP contribution is 2.28. The van der Waals surface area contributed by atoms with E-state index in [0.29, 0.717) is 16.4 Å². The zero-order chi connectivity index (χ0) is 17.4. The molecule has 1 unspecified atom stereocenters. The highest BCUT2D eigenvalue weighted by Gasteiger charge is 2.23. The molecule has 1 N–H and O–H groups in total. The van der Waals surface area contributed by atoms with Crippen molar-refractivity contribution in [2.45, 2.75) is 32.4 Å². The second kappa shape index (κ2) is 6.73. The number of H-pyrrole nitrogens is 1. The largest absolute Gasteiger partial charge is 0.330 e. The molecule has 2 aromatic carbocycles. The van der Waals surface area contributed by atoms with Crippen LogP contribution in [-0.2, 0) is 6.54 Å². The minimum Gasteiger partial charge on any atom is -0.330 e. The van der Waals surface area contributed by atoms with Crippen molar-refractivity contribution in [1.29, 1.82) is 0 Å². The van der Waals surface area contributed by atoms with Crippen LogP contribution in [0.4, 0.5) is 4.39 Å². The van der Waals surface area contributed by atoms with E-state index in [1.54, 1.807) is 13.0 Å². The normalized spacial score (nSPS) is 18.7. The van der Waals surface area contributed by atoms with E-state index in [2.05, 4.69) is 44.8 Å². The van der Waals surface area contributed by atoms with Crippen LogP contribution in [0.2, 0.25) is 0 Å². The zero-order valence-corrected chi connectivity index (χ0v) is 15.2. The fourth-order valence-corrected chi connectivity index (χ4v) is 4.20. The molecule has 0 radical (unpaired) electrons. The highest BCUT2D eigenvalue weighted by atomic mass is 32.1. The third-order valence-corrected chi connectivity index (χ3v) is 5.39. The molecule has 0 amide bonds. The van der Waals surface area contributed by atoms with Gasteiger partial charge >= 0.3 is 0 Å². The summed E-state index contributed by atoms with van der Waals surface area (Å²) < 4.78 is 16.7. The van der Waals surface area contributed by atoms with Gasteiger partial charge in [-0.25, -0.2) is 4.39 Å². The van der Waals surface area contributed by atoms with Gasteiger partial charge in [-0.2, -0.15) is 0 Å². The number of aryl methyl sites for hydroxylation is 1. The molecule has 3 aromatic rings. The van der Waals surface area contributed by atoms with Gasteiger partial charge in [-0.05, 0) is 61.8 Å². The number of benzene rings is 2. The summed E-state index contributed by atoms with van der Waals surface area (Å²) in [4.78, 5) is 5.66. The van der Waals surface area contributed by atoms with Gasteiger partial charge in [0, 0.05) is 19.1 Å². The van der Waals surface area contributed by atoms with E-state index < -0.39 is 0 Å². The average molecular weight is 355 g/mol. The summed E-state index contributed by atoms with van der Waals surface area (Å²) in [5, 5.41) is 0. The molecule has 0 spiro atoms. The first-order valence-corrected chi connectivity index (χ1v) is 9.19. The van der Waals surface area contributed by atoms with E-state index in [-0.39, 0.29) is 5.82 Å². The molecule has 4 rings (SSSR count). The van der Waals surface area contributed by atoms with Crippen LogP contribution in [0.3, 0.4) is 0 Å². The molecule has 130 valence electrons. The number of likely N-dealkylation sites (tertiary alicyclic amines) is 1. The summed E-state index contributed by atoms with van der Waals surface area (Å²) in [6.45, 7) is 4.83. The summed E-state index contributed by atoms with van der Waals surface area (Å²) >= 11 is 5.56. The fourth-order valence-electron chi connectivity index (χ4n) is 3.84. The zero-order valence-electron chi connectivity index (χ0n) is 14.3. The quantitative estimate of drug-likeness (QED) is 0.670. The Morgan fingerprint density at radius 1 is 1.24 bits per heavy atom. The Balaban J connectivity index is 1.63. The lowest BCUT2D eigenvalue weighted by Crippen LogP contribution is -2.36. The van der Waals surface area contributed by atoms with Gasteiger partial charge in [0.05, 0.1) is 11.0 Å². The number of nitrogens with one attached hydrogen (secondary N) is 1. The van der Waals surface area contributed by atoms with Crippen LogP contribution in [-0.4, -0.2) is 27.5 Å². The van der Waals surface area contributed by atoms with Gasteiger partial charge in [0.1, 0.15) is 5.82 Å². The summed E-state index contributed by atoms with van der Waals surface area (Å²) in [7, 11) is 0. The number of aromatic nitrogens is 2. The van der Waals surface area contributed by atoms with E-state index in [4.69, 9.17) is 12.2 Å². The minimum atomic E-state index is -0.190. The number of hydrogen-bond donors (Lipinski definition) is 1. The van der Waals surface area contributed by atoms with Gasteiger partial charge in [0.2, 0.25) is 0 Å². The van der Waals surface area contributed by atoms with Crippen molar-refractivity contribution >= 4 is 23.3 Å². The SMILES string of the molecule is Cc1cc2c(cc1F)[nH]c(=S)n2C1CCCN(Cc2ccccc2)C1. The van der Waals surface area contributed by atoms with Crippen LogP contribution in [0.5, 0.6) is 0 Å². The highest BCUT2D eigenvalue weighted by molar-refractivity contribution is 7.71. The summed E-state index contributed by atoms with van der Waals surface area (Å²) in [5.74, 6) is -0.190. The molecule has 2 heterocycles. The number of aromatic amines is 1. The van der Waals surface area contributed by atoms with Crippen molar-refractivity contribution in [3.63, 3.8) is 0 Å². The number of fused-ring (bicyclic) bond motifs is 1. The Hall–Kier alpha value is -1.98. The molecule has 0 saturated carbocycles. The minimum absolute atomic E-state index is 0.190. The molecule has 1 aromatic heterocycles. The smallest absolute Gasteiger partial charge is 0.178 e. The number of halogens is 1. The molecular weight excluding hydrogens is 333 g/mol. The van der Waals surface area contributed by atoms with E-state index in [1.165, 1.54) is 5.56 Å². The Labute approximate surface area is 152 Å². The second-order valence-corrected chi connectivity index (χ2v) is 7.32. The van der Waals surface area contributed by atoms with Crippen molar-refractivity contribution in [2.24, 2.45) is 0 Å². The monoisotopic (exact) mass is 355 g/mol. The van der Waals surface area contributed by atoms with Crippen molar-refractivity contribution < 1.29 is 4.39 Å². The predicted molar refractivity (Wildman–Crippen MR) is 102 cm³/mol. The number of rotatable bonds is 3. The van der Waals surface area contributed by atoms with Gasteiger partial charge in [-0.15, -0.1) is 0 Å². The molecule has 5 heteroatoms. The summed E-state index contributed by atoms with van der Waals surface area (Å²) in [6, 6.07) is 14.4. The molecule has 1 fully saturated rings.